The lowest BCUT2D eigenvalue weighted by Gasteiger charge is -2.43. The first kappa shape index (κ1) is 24.4. The molecule has 0 amide bonds. The molecule has 4 heterocycles. The number of hydrogen-bond donors (Lipinski definition) is 2. The average molecular weight is 546 g/mol. The molecule has 2 bridgehead atoms. The van der Waals surface area contributed by atoms with Gasteiger partial charge in [-0.25, -0.2) is 13.8 Å². The van der Waals surface area contributed by atoms with Gasteiger partial charge in [-0.3, -0.25) is 0 Å². The van der Waals surface area contributed by atoms with Crippen molar-refractivity contribution >= 4 is 39.0 Å². The second-order valence-electron chi connectivity index (χ2n) is 10.9. The first-order valence-corrected chi connectivity index (χ1v) is 13.5. The molecule has 5 nitrogen and oxygen atoms in total. The van der Waals surface area contributed by atoms with Crippen molar-refractivity contribution in [2.24, 2.45) is 0 Å². The number of fused-ring (bicyclic) bond motifs is 6. The highest BCUT2D eigenvalue weighted by Crippen LogP contribution is 2.52. The highest BCUT2D eigenvalue weighted by Gasteiger charge is 2.47. The molecule has 0 spiro atoms. The zero-order valence-corrected chi connectivity index (χ0v) is 22.5. The van der Waals surface area contributed by atoms with E-state index in [1.54, 1.807) is 0 Å². The Morgan fingerprint density at radius 1 is 1.18 bits per heavy atom. The fraction of sp³-hybridized carbons (Fsp3) is 0.323. The van der Waals surface area contributed by atoms with Crippen molar-refractivity contribution < 1.29 is 18.6 Å². The zero-order valence-electron chi connectivity index (χ0n) is 21.7. The van der Waals surface area contributed by atoms with E-state index in [2.05, 4.69) is 16.1 Å². The van der Waals surface area contributed by atoms with Crippen LogP contribution >= 0.6 is 11.6 Å². The van der Waals surface area contributed by atoms with Gasteiger partial charge in [-0.05, 0) is 68.3 Å². The molecule has 2 saturated heterocycles. The molecule has 2 N–H and O–H groups in total. The van der Waals surface area contributed by atoms with Crippen molar-refractivity contribution in [1.29, 1.82) is 0 Å². The number of aromatic nitrogens is 1. The number of phenolic OH excluding ortho intramolecular Hbond substituents is 1. The lowest BCUT2D eigenvalue weighted by Crippen LogP contribution is -2.62. The van der Waals surface area contributed by atoms with Crippen LogP contribution in [0.15, 0.2) is 24.3 Å². The van der Waals surface area contributed by atoms with Crippen LogP contribution in [0, 0.1) is 37.8 Å². The molecule has 3 aliphatic heterocycles. The molecule has 4 aromatic rings. The Balaban J connectivity index is 1.62. The number of terminal acetylenes is 1. The van der Waals surface area contributed by atoms with E-state index in [0.717, 1.165) is 19.4 Å². The van der Waals surface area contributed by atoms with Crippen molar-refractivity contribution in [1.82, 2.24) is 10.3 Å². The van der Waals surface area contributed by atoms with Gasteiger partial charge in [-0.2, -0.15) is 0 Å². The topological polar surface area (TPSA) is 57.6 Å². The largest absolute Gasteiger partial charge is 0.508 e. The molecule has 0 unspecified atom stereocenters. The Morgan fingerprint density at radius 2 is 1.97 bits per heavy atom. The van der Waals surface area contributed by atoms with Crippen LogP contribution in [0.2, 0.25) is 5.02 Å². The van der Waals surface area contributed by atoms with Gasteiger partial charge in [0.1, 0.15) is 29.3 Å². The highest BCUT2D eigenvalue weighted by atomic mass is 35.5. The number of anilines is 1. The molecule has 4 atom stereocenters. The Bertz CT molecular complexity index is 1780. The normalized spacial score (nSPS) is 23.5. The third-order valence-corrected chi connectivity index (χ3v) is 9.10. The minimum Gasteiger partial charge on any atom is -0.508 e. The van der Waals surface area contributed by atoms with E-state index >= 15 is 4.39 Å². The Morgan fingerprint density at radius 3 is 2.74 bits per heavy atom. The summed E-state index contributed by atoms with van der Waals surface area (Å²) in [4.78, 5) is 7.23. The van der Waals surface area contributed by atoms with E-state index in [-0.39, 0.29) is 45.7 Å². The van der Waals surface area contributed by atoms with Crippen molar-refractivity contribution in [2.45, 2.75) is 57.8 Å². The van der Waals surface area contributed by atoms with Gasteiger partial charge in [0.2, 0.25) is 0 Å². The van der Waals surface area contributed by atoms with Gasteiger partial charge >= 0.3 is 0 Å². The predicted molar refractivity (Wildman–Crippen MR) is 150 cm³/mol. The third-order valence-electron chi connectivity index (χ3n) is 8.74. The summed E-state index contributed by atoms with van der Waals surface area (Å²) in [5.74, 6) is 2.08. The number of pyridine rings is 1. The molecule has 0 saturated carbocycles. The number of aryl methyl sites for hydroxylation is 2. The molecule has 7 rings (SSSR count). The summed E-state index contributed by atoms with van der Waals surface area (Å²) in [5.41, 5.74) is 1.54. The number of benzene rings is 3. The first-order valence-electron chi connectivity index (χ1n) is 13.1. The quantitative estimate of drug-likeness (QED) is 0.272. The Labute approximate surface area is 229 Å². The van der Waals surface area contributed by atoms with E-state index in [9.17, 15) is 9.50 Å². The number of halogens is 3. The standard InChI is InChI=1S/C31H26ClF2N3O2/c1-5-19-21(33)8-6-16-10-18(38)11-20(24(16)19)25-27(32)30-26-23(28(25)34)13(2)14(3)35-31(26)37-12-17-7-9-22(36-17)29(37)15(4)39-30/h1,6,8,10-11,15,17,22,29,36,38H,7,9,12H2,2-4H3/t15-,17+,22-,29+/m0/s1. The van der Waals surface area contributed by atoms with Gasteiger partial charge in [0, 0.05) is 40.7 Å². The van der Waals surface area contributed by atoms with Crippen LogP contribution in [0.3, 0.4) is 0 Å². The number of nitrogens with one attached hydrogen (secondary N) is 1. The van der Waals surface area contributed by atoms with E-state index in [1.807, 2.05) is 20.8 Å². The number of aromatic hydroxyl groups is 1. The summed E-state index contributed by atoms with van der Waals surface area (Å²) in [5, 5.41) is 16.0. The molecule has 3 aromatic carbocycles. The van der Waals surface area contributed by atoms with Crippen molar-refractivity contribution in [3.05, 3.63) is 57.7 Å². The first-order chi connectivity index (χ1) is 18.7. The van der Waals surface area contributed by atoms with Crippen LogP contribution in [0.4, 0.5) is 14.6 Å². The van der Waals surface area contributed by atoms with Crippen LogP contribution < -0.4 is 15.0 Å². The molecule has 2 fully saturated rings. The van der Waals surface area contributed by atoms with Crippen LogP contribution in [0.25, 0.3) is 32.7 Å². The summed E-state index contributed by atoms with van der Waals surface area (Å²) in [6.07, 6.45) is 7.52. The molecule has 0 radical (unpaired) electrons. The third kappa shape index (κ3) is 3.31. The summed E-state index contributed by atoms with van der Waals surface area (Å²) in [6, 6.07) is 6.12. The maximum Gasteiger partial charge on any atom is 0.150 e. The maximum absolute atomic E-state index is 17.0. The zero-order chi connectivity index (χ0) is 27.3. The second-order valence-corrected chi connectivity index (χ2v) is 11.3. The summed E-state index contributed by atoms with van der Waals surface area (Å²) in [6.45, 7) is 6.44. The van der Waals surface area contributed by atoms with Crippen molar-refractivity contribution in [3.8, 4) is 35.0 Å². The number of hydrogen-bond acceptors (Lipinski definition) is 5. The number of piperazine rings is 1. The fourth-order valence-electron chi connectivity index (χ4n) is 6.93. The van der Waals surface area contributed by atoms with E-state index < -0.39 is 11.6 Å². The van der Waals surface area contributed by atoms with Gasteiger partial charge in [0.05, 0.1) is 22.0 Å². The fourth-order valence-corrected chi connectivity index (χ4v) is 7.26. The maximum atomic E-state index is 17.0. The van der Waals surface area contributed by atoms with Gasteiger partial charge in [0.25, 0.3) is 0 Å². The predicted octanol–water partition coefficient (Wildman–Crippen LogP) is 6.38. The average Bonchev–Trinajstić information content (AvgIpc) is 3.22. The van der Waals surface area contributed by atoms with E-state index in [1.165, 1.54) is 24.3 Å². The minimum absolute atomic E-state index is 0.00790. The second kappa shape index (κ2) is 8.45. The van der Waals surface area contributed by atoms with Gasteiger partial charge in [0.15, 0.2) is 5.75 Å². The molecule has 198 valence electrons. The SMILES string of the molecule is C#Cc1c(F)ccc2cc(O)cc(-c3c(Cl)c4c5c(nc(C)c(C)c5c3F)N3C[C@H]5CC[C@H](N5)[C@H]3[C@H](C)O4)c12. The summed E-state index contributed by atoms with van der Waals surface area (Å²) in [7, 11) is 0. The number of nitrogens with zero attached hydrogens (tertiary/aromatic N) is 2. The minimum atomic E-state index is -0.616. The highest BCUT2D eigenvalue weighted by molar-refractivity contribution is 6.37. The van der Waals surface area contributed by atoms with E-state index in [4.69, 9.17) is 27.7 Å². The molecule has 39 heavy (non-hydrogen) atoms. The molecular formula is C31H26ClF2N3O2. The number of rotatable bonds is 1. The van der Waals surface area contributed by atoms with Crippen molar-refractivity contribution in [3.63, 3.8) is 0 Å². The lowest BCUT2D eigenvalue weighted by atomic mass is 9.90. The molecule has 3 aliphatic rings. The van der Waals surface area contributed by atoms with Gasteiger partial charge in [-0.1, -0.05) is 23.6 Å². The van der Waals surface area contributed by atoms with Crippen LogP contribution in [0.5, 0.6) is 11.5 Å². The lowest BCUT2D eigenvalue weighted by molar-refractivity contribution is 0.160. The number of phenols is 1. The molecule has 8 heteroatoms. The van der Waals surface area contributed by atoms with Gasteiger partial charge < -0.3 is 20.1 Å². The van der Waals surface area contributed by atoms with Crippen molar-refractivity contribution in [2.75, 3.05) is 11.4 Å². The monoisotopic (exact) mass is 545 g/mol. The molecular weight excluding hydrogens is 520 g/mol. The van der Waals surface area contributed by atoms with Crippen LogP contribution in [-0.2, 0) is 0 Å². The van der Waals surface area contributed by atoms with E-state index in [0.29, 0.717) is 50.4 Å². The molecule has 0 aliphatic carbocycles. The van der Waals surface area contributed by atoms with Gasteiger partial charge in [-0.15, -0.1) is 6.42 Å². The summed E-state index contributed by atoms with van der Waals surface area (Å²) >= 11 is 7.07. The summed E-state index contributed by atoms with van der Waals surface area (Å²) < 4.78 is 38.5. The number of ether oxygens (including phenoxy) is 1. The Kier molecular flexibility index (Phi) is 5.29. The molecule has 1 aromatic heterocycles. The smallest absolute Gasteiger partial charge is 0.150 e. The van der Waals surface area contributed by atoms with Crippen LogP contribution in [0.1, 0.15) is 36.6 Å². The van der Waals surface area contributed by atoms with Crippen LogP contribution in [-0.4, -0.2) is 40.9 Å². The Hall–Kier alpha value is -3.60.